The zero-order valence-corrected chi connectivity index (χ0v) is 20.5. The summed E-state index contributed by atoms with van der Waals surface area (Å²) < 4.78 is 34.1. The molecular weight excluding hydrogens is 462 g/mol. The van der Waals surface area contributed by atoms with Gasteiger partial charge < -0.3 is 9.30 Å². The number of hydrogen-bond acceptors (Lipinski definition) is 6. The van der Waals surface area contributed by atoms with Crippen molar-refractivity contribution in [1.82, 2.24) is 8.87 Å². The van der Waals surface area contributed by atoms with Crippen LogP contribution in [0.3, 0.4) is 0 Å². The van der Waals surface area contributed by atoms with Crippen molar-refractivity contribution < 1.29 is 22.7 Å². The van der Waals surface area contributed by atoms with Crippen LogP contribution < -0.4 is 4.80 Å². The molecule has 1 heterocycles. The second kappa shape index (κ2) is 8.85. The van der Waals surface area contributed by atoms with Crippen LogP contribution in [0, 0.1) is 13.8 Å². The molecule has 0 bridgehead atoms. The predicted molar refractivity (Wildman–Crippen MR) is 126 cm³/mol. The molecule has 1 aliphatic carbocycles. The summed E-state index contributed by atoms with van der Waals surface area (Å²) in [5.41, 5.74) is 3.21. The molecule has 0 unspecified atom stereocenters. The van der Waals surface area contributed by atoms with Crippen LogP contribution in [0.25, 0.3) is 10.2 Å². The maximum Gasteiger partial charge on any atom is 0.325 e. The molecule has 4 rings (SSSR count). The molecule has 1 aromatic heterocycles. The molecule has 3 aromatic rings. The molecular formula is C23H25N3O5S2. The van der Waals surface area contributed by atoms with E-state index in [1.54, 1.807) is 11.6 Å². The van der Waals surface area contributed by atoms with Gasteiger partial charge >= 0.3 is 5.97 Å². The number of aromatic nitrogens is 1. The summed E-state index contributed by atoms with van der Waals surface area (Å²) in [6, 6.07) is 9.80. The average molecular weight is 488 g/mol. The van der Waals surface area contributed by atoms with Crippen LogP contribution in [-0.2, 0) is 26.1 Å². The highest BCUT2D eigenvalue weighted by Gasteiger charge is 2.35. The molecule has 1 aliphatic rings. The Labute approximate surface area is 196 Å². The number of carbonyl (C=O) groups is 2. The number of nitrogens with zero attached hydrogens (tertiary/aromatic N) is 3. The van der Waals surface area contributed by atoms with Gasteiger partial charge in [0.25, 0.3) is 5.91 Å². The van der Waals surface area contributed by atoms with E-state index in [1.165, 1.54) is 47.0 Å². The minimum absolute atomic E-state index is 0.0526. The highest BCUT2D eigenvalue weighted by atomic mass is 32.2. The van der Waals surface area contributed by atoms with Gasteiger partial charge in [-0.3, -0.25) is 9.59 Å². The first kappa shape index (κ1) is 23.3. The van der Waals surface area contributed by atoms with E-state index in [1.807, 2.05) is 26.0 Å². The number of fused-ring (bicyclic) bond motifs is 1. The average Bonchev–Trinajstić information content (AvgIpc) is 3.59. The fourth-order valence-corrected chi connectivity index (χ4v) is 6.00. The zero-order chi connectivity index (χ0) is 23.9. The van der Waals surface area contributed by atoms with Crippen molar-refractivity contribution >= 4 is 43.5 Å². The van der Waals surface area contributed by atoms with E-state index >= 15 is 0 Å². The van der Waals surface area contributed by atoms with Gasteiger partial charge in [-0.15, -0.1) is 0 Å². The largest absolute Gasteiger partial charge is 0.468 e. The summed E-state index contributed by atoms with van der Waals surface area (Å²) in [5, 5.41) is 0. The first-order valence-corrected chi connectivity index (χ1v) is 12.7. The Morgan fingerprint density at radius 1 is 1.15 bits per heavy atom. The molecule has 174 valence electrons. The molecule has 0 N–H and O–H groups in total. The fraction of sp³-hybridized carbons (Fsp3) is 0.348. The number of hydrogen-bond donors (Lipinski definition) is 0. The topological polar surface area (TPSA) is 98.0 Å². The zero-order valence-electron chi connectivity index (χ0n) is 18.9. The number of amides is 1. The molecule has 0 atom stereocenters. The summed E-state index contributed by atoms with van der Waals surface area (Å²) in [6.07, 6.45) is 1.73. The Bertz CT molecular complexity index is 1410. The van der Waals surface area contributed by atoms with E-state index < -0.39 is 21.9 Å². The summed E-state index contributed by atoms with van der Waals surface area (Å²) >= 11 is 1.31. The number of esters is 1. The van der Waals surface area contributed by atoms with Crippen molar-refractivity contribution in [2.45, 2.75) is 44.2 Å². The van der Waals surface area contributed by atoms with E-state index in [0.717, 1.165) is 34.2 Å². The Hall–Kier alpha value is -2.82. The van der Waals surface area contributed by atoms with E-state index in [9.17, 15) is 18.0 Å². The Morgan fingerprint density at radius 3 is 2.39 bits per heavy atom. The molecule has 0 saturated heterocycles. The second-order valence-corrected chi connectivity index (χ2v) is 11.2. The number of methoxy groups -OCH3 is 1. The maximum atomic E-state index is 12.9. The lowest BCUT2D eigenvalue weighted by Gasteiger charge is -2.16. The van der Waals surface area contributed by atoms with Crippen molar-refractivity contribution in [1.29, 1.82) is 0 Å². The first-order chi connectivity index (χ1) is 15.6. The van der Waals surface area contributed by atoms with Gasteiger partial charge in [0.05, 0.1) is 22.2 Å². The highest BCUT2D eigenvalue weighted by Crippen LogP contribution is 2.30. The molecule has 10 heteroatoms. The highest BCUT2D eigenvalue weighted by molar-refractivity contribution is 7.89. The molecule has 0 spiro atoms. The van der Waals surface area contributed by atoms with Gasteiger partial charge in [0.1, 0.15) is 6.54 Å². The third-order valence-electron chi connectivity index (χ3n) is 5.85. The quantitative estimate of drug-likeness (QED) is 0.498. The van der Waals surface area contributed by atoms with Crippen LogP contribution in [0.2, 0.25) is 0 Å². The van der Waals surface area contributed by atoms with E-state index in [4.69, 9.17) is 4.74 Å². The summed E-state index contributed by atoms with van der Waals surface area (Å²) in [5.74, 6) is -0.968. The number of thiazole rings is 1. The lowest BCUT2D eigenvalue weighted by atomic mass is 10.1. The third-order valence-corrected chi connectivity index (χ3v) is 8.82. The molecule has 8 nitrogen and oxygen atoms in total. The normalized spacial score (nSPS) is 14.8. The molecule has 1 saturated carbocycles. The van der Waals surface area contributed by atoms with Crippen molar-refractivity contribution in [2.75, 3.05) is 14.2 Å². The van der Waals surface area contributed by atoms with E-state index in [-0.39, 0.29) is 23.0 Å². The Balaban J connectivity index is 1.71. The number of carbonyl (C=O) groups excluding carboxylic acids is 2. The number of ether oxygens (including phenoxy) is 1. The molecule has 2 aromatic carbocycles. The van der Waals surface area contributed by atoms with Gasteiger partial charge in [-0.2, -0.15) is 9.30 Å². The molecule has 0 aliphatic heterocycles. The minimum Gasteiger partial charge on any atom is -0.468 e. The van der Waals surface area contributed by atoms with Crippen molar-refractivity contribution in [3.05, 3.63) is 57.9 Å². The maximum absolute atomic E-state index is 12.9. The number of benzene rings is 2. The Morgan fingerprint density at radius 2 is 1.79 bits per heavy atom. The van der Waals surface area contributed by atoms with E-state index in [2.05, 4.69) is 4.99 Å². The van der Waals surface area contributed by atoms with Crippen molar-refractivity contribution in [3.63, 3.8) is 0 Å². The smallest absolute Gasteiger partial charge is 0.325 e. The van der Waals surface area contributed by atoms with Crippen LogP contribution in [0.4, 0.5) is 0 Å². The number of sulfonamides is 1. The van der Waals surface area contributed by atoms with Gasteiger partial charge in [0.2, 0.25) is 10.0 Å². The minimum atomic E-state index is -3.59. The van der Waals surface area contributed by atoms with Crippen molar-refractivity contribution in [3.8, 4) is 0 Å². The van der Waals surface area contributed by atoms with Gasteiger partial charge in [0.15, 0.2) is 4.80 Å². The lowest BCUT2D eigenvalue weighted by molar-refractivity contribution is -0.141. The number of aryl methyl sites for hydroxylation is 2. The van der Waals surface area contributed by atoms with Gasteiger partial charge in [-0.25, -0.2) is 8.42 Å². The SMILES string of the molecule is COC(=O)Cn1c(=NC(=O)c2ccc(S(=O)(=O)N(C)C3CC3)cc2)sc2cc(C)c(C)cc21. The van der Waals surface area contributed by atoms with Gasteiger partial charge in [0, 0.05) is 18.7 Å². The monoisotopic (exact) mass is 487 g/mol. The van der Waals surface area contributed by atoms with Gasteiger partial charge in [-0.05, 0) is 74.2 Å². The summed E-state index contributed by atoms with van der Waals surface area (Å²) in [4.78, 5) is 29.7. The van der Waals surface area contributed by atoms with Crippen LogP contribution in [0.15, 0.2) is 46.3 Å². The van der Waals surface area contributed by atoms with E-state index in [0.29, 0.717) is 4.80 Å². The lowest BCUT2D eigenvalue weighted by Crippen LogP contribution is -2.28. The first-order valence-electron chi connectivity index (χ1n) is 10.5. The second-order valence-electron chi connectivity index (χ2n) is 8.14. The van der Waals surface area contributed by atoms with Crippen LogP contribution in [0.1, 0.15) is 34.3 Å². The van der Waals surface area contributed by atoms with Crippen molar-refractivity contribution in [2.24, 2.45) is 4.99 Å². The fourth-order valence-electron chi connectivity index (χ4n) is 3.47. The van der Waals surface area contributed by atoms with Crippen LogP contribution in [-0.4, -0.2) is 49.4 Å². The van der Waals surface area contributed by atoms with Crippen LogP contribution in [0.5, 0.6) is 0 Å². The predicted octanol–water partition coefficient (Wildman–Crippen LogP) is 3.02. The Kier molecular flexibility index (Phi) is 6.26. The van der Waals surface area contributed by atoms with Gasteiger partial charge in [-0.1, -0.05) is 11.3 Å². The van der Waals surface area contributed by atoms with Crippen LogP contribution >= 0.6 is 11.3 Å². The molecule has 0 radical (unpaired) electrons. The summed E-state index contributed by atoms with van der Waals surface area (Å²) in [7, 11) is -0.701. The molecule has 1 fully saturated rings. The summed E-state index contributed by atoms with van der Waals surface area (Å²) in [6.45, 7) is 3.90. The number of rotatable bonds is 6. The molecule has 1 amide bonds. The third kappa shape index (κ3) is 4.64. The standard InChI is InChI=1S/C23H25N3O5S2/c1-14-11-19-20(12-15(14)2)32-23(26(19)13-21(27)31-4)24-22(28)16-5-9-18(10-6-16)33(29,30)25(3)17-7-8-17/h5-6,9-12,17H,7-8,13H2,1-4H3. The molecule has 33 heavy (non-hydrogen) atoms.